The molecule has 21 heavy (non-hydrogen) atoms. The SMILES string of the molecule is CCN(Cc1ccccn1)C(CN)c1cc(Cl)ccc1Br. The number of hydrogen-bond donors (Lipinski definition) is 1. The summed E-state index contributed by atoms with van der Waals surface area (Å²) in [6.07, 6.45) is 1.82. The zero-order chi connectivity index (χ0) is 15.2. The van der Waals surface area contributed by atoms with Gasteiger partial charge >= 0.3 is 0 Å². The first-order valence-corrected chi connectivity index (χ1v) is 8.11. The number of likely N-dealkylation sites (N-methyl/N-ethyl adjacent to an activating group) is 1. The minimum atomic E-state index is 0.102. The lowest BCUT2D eigenvalue weighted by Gasteiger charge is -2.30. The van der Waals surface area contributed by atoms with E-state index >= 15 is 0 Å². The molecule has 0 amide bonds. The van der Waals surface area contributed by atoms with Crippen LogP contribution in [0.2, 0.25) is 5.02 Å². The van der Waals surface area contributed by atoms with Crippen molar-refractivity contribution in [1.82, 2.24) is 9.88 Å². The van der Waals surface area contributed by atoms with Crippen LogP contribution in [0.5, 0.6) is 0 Å². The third kappa shape index (κ3) is 4.27. The molecule has 2 N–H and O–H groups in total. The van der Waals surface area contributed by atoms with Gasteiger partial charge in [0.05, 0.1) is 5.69 Å². The van der Waals surface area contributed by atoms with Gasteiger partial charge in [-0.05, 0) is 42.4 Å². The second-order valence-electron chi connectivity index (χ2n) is 4.80. The van der Waals surface area contributed by atoms with Crippen LogP contribution in [0.15, 0.2) is 47.1 Å². The molecule has 3 nitrogen and oxygen atoms in total. The van der Waals surface area contributed by atoms with E-state index in [1.807, 2.05) is 42.6 Å². The van der Waals surface area contributed by atoms with Crippen molar-refractivity contribution in [3.63, 3.8) is 0 Å². The van der Waals surface area contributed by atoms with Gasteiger partial charge in [-0.25, -0.2) is 0 Å². The maximum atomic E-state index is 6.13. The molecule has 0 spiro atoms. The third-order valence-corrected chi connectivity index (χ3v) is 4.44. The van der Waals surface area contributed by atoms with Gasteiger partial charge in [-0.15, -0.1) is 0 Å². The summed E-state index contributed by atoms with van der Waals surface area (Å²) in [5.41, 5.74) is 8.18. The Balaban J connectivity index is 2.27. The highest BCUT2D eigenvalue weighted by molar-refractivity contribution is 9.10. The van der Waals surface area contributed by atoms with E-state index in [0.717, 1.165) is 33.8 Å². The molecule has 0 aliphatic rings. The number of aromatic nitrogens is 1. The van der Waals surface area contributed by atoms with Crippen molar-refractivity contribution >= 4 is 27.5 Å². The summed E-state index contributed by atoms with van der Waals surface area (Å²) < 4.78 is 1.03. The average molecular weight is 369 g/mol. The van der Waals surface area contributed by atoms with Gasteiger partial charge in [0.15, 0.2) is 0 Å². The second-order valence-corrected chi connectivity index (χ2v) is 6.09. The van der Waals surface area contributed by atoms with Crippen LogP contribution in [0.1, 0.15) is 24.2 Å². The van der Waals surface area contributed by atoms with Gasteiger partial charge < -0.3 is 5.73 Å². The van der Waals surface area contributed by atoms with Crippen molar-refractivity contribution in [2.75, 3.05) is 13.1 Å². The molecule has 0 radical (unpaired) electrons. The van der Waals surface area contributed by atoms with Gasteiger partial charge in [-0.3, -0.25) is 9.88 Å². The standard InChI is InChI=1S/C16H19BrClN3/c1-2-21(11-13-5-3-4-8-20-13)16(10-19)14-9-12(18)6-7-15(14)17/h3-9,16H,2,10-11,19H2,1H3. The molecular weight excluding hydrogens is 350 g/mol. The Morgan fingerprint density at radius 1 is 1.33 bits per heavy atom. The molecule has 1 aromatic heterocycles. The molecule has 0 bridgehead atoms. The van der Waals surface area contributed by atoms with Crippen molar-refractivity contribution in [2.45, 2.75) is 19.5 Å². The Labute approximate surface area is 139 Å². The van der Waals surface area contributed by atoms with Crippen LogP contribution in [-0.2, 0) is 6.54 Å². The largest absolute Gasteiger partial charge is 0.329 e. The minimum absolute atomic E-state index is 0.102. The van der Waals surface area contributed by atoms with Crippen LogP contribution in [0.25, 0.3) is 0 Å². The molecule has 2 rings (SSSR count). The number of rotatable bonds is 6. The molecule has 0 saturated carbocycles. The molecule has 1 aromatic carbocycles. The first-order chi connectivity index (χ1) is 10.2. The first kappa shape index (κ1) is 16.4. The molecule has 0 aliphatic heterocycles. The Morgan fingerprint density at radius 2 is 2.14 bits per heavy atom. The lowest BCUT2D eigenvalue weighted by Crippen LogP contribution is -2.33. The minimum Gasteiger partial charge on any atom is -0.329 e. The average Bonchev–Trinajstić information content (AvgIpc) is 2.51. The van der Waals surface area contributed by atoms with Crippen molar-refractivity contribution in [2.24, 2.45) is 5.73 Å². The molecular formula is C16H19BrClN3. The molecule has 5 heteroatoms. The molecule has 0 saturated heterocycles. The van der Waals surface area contributed by atoms with Crippen molar-refractivity contribution in [1.29, 1.82) is 0 Å². The summed E-state index contributed by atoms with van der Waals surface area (Å²) in [5.74, 6) is 0. The van der Waals surface area contributed by atoms with Crippen LogP contribution in [-0.4, -0.2) is 23.0 Å². The Morgan fingerprint density at radius 3 is 2.76 bits per heavy atom. The fourth-order valence-electron chi connectivity index (χ4n) is 2.38. The Kier molecular flexibility index (Phi) is 6.18. The smallest absolute Gasteiger partial charge is 0.0544 e. The normalized spacial score (nSPS) is 12.6. The Hall–Kier alpha value is -0.940. The number of hydrogen-bond acceptors (Lipinski definition) is 3. The number of halogens is 2. The second kappa shape index (κ2) is 7.90. The zero-order valence-corrected chi connectivity index (χ0v) is 14.3. The summed E-state index contributed by atoms with van der Waals surface area (Å²) >= 11 is 9.73. The summed E-state index contributed by atoms with van der Waals surface area (Å²) in [6, 6.07) is 11.9. The number of pyridine rings is 1. The molecule has 112 valence electrons. The maximum Gasteiger partial charge on any atom is 0.0544 e. The van der Waals surface area contributed by atoms with E-state index in [0.29, 0.717) is 6.54 Å². The molecule has 0 aliphatic carbocycles. The van der Waals surface area contributed by atoms with Gasteiger partial charge in [0.25, 0.3) is 0 Å². The molecule has 1 unspecified atom stereocenters. The monoisotopic (exact) mass is 367 g/mol. The lowest BCUT2D eigenvalue weighted by molar-refractivity contribution is 0.200. The van der Waals surface area contributed by atoms with E-state index in [-0.39, 0.29) is 6.04 Å². The number of benzene rings is 1. The van der Waals surface area contributed by atoms with E-state index in [1.54, 1.807) is 0 Å². The van der Waals surface area contributed by atoms with Gasteiger partial charge in [-0.2, -0.15) is 0 Å². The molecule has 1 atom stereocenters. The van der Waals surface area contributed by atoms with Gasteiger partial charge in [0.1, 0.15) is 0 Å². The quantitative estimate of drug-likeness (QED) is 0.837. The summed E-state index contributed by atoms with van der Waals surface area (Å²) in [5, 5.41) is 0.723. The number of nitrogens with two attached hydrogens (primary N) is 1. The maximum absolute atomic E-state index is 6.13. The Bertz CT molecular complexity index is 577. The number of nitrogens with zero attached hydrogens (tertiary/aromatic N) is 2. The van der Waals surface area contributed by atoms with E-state index in [1.165, 1.54) is 0 Å². The van der Waals surface area contributed by atoms with Crippen LogP contribution < -0.4 is 5.73 Å². The van der Waals surface area contributed by atoms with Crippen molar-refractivity contribution in [3.8, 4) is 0 Å². The third-order valence-electron chi connectivity index (χ3n) is 3.48. The van der Waals surface area contributed by atoms with E-state index in [9.17, 15) is 0 Å². The topological polar surface area (TPSA) is 42.2 Å². The van der Waals surface area contributed by atoms with E-state index < -0.39 is 0 Å². The zero-order valence-electron chi connectivity index (χ0n) is 12.0. The summed E-state index contributed by atoms with van der Waals surface area (Å²) in [4.78, 5) is 6.70. The van der Waals surface area contributed by atoms with E-state index in [4.69, 9.17) is 17.3 Å². The highest BCUT2D eigenvalue weighted by Crippen LogP contribution is 2.30. The molecule has 1 heterocycles. The van der Waals surface area contributed by atoms with Crippen LogP contribution in [0.3, 0.4) is 0 Å². The summed E-state index contributed by atoms with van der Waals surface area (Å²) in [7, 11) is 0. The molecule has 0 fully saturated rings. The van der Waals surface area contributed by atoms with Crippen molar-refractivity contribution < 1.29 is 0 Å². The highest BCUT2D eigenvalue weighted by atomic mass is 79.9. The fraction of sp³-hybridized carbons (Fsp3) is 0.312. The van der Waals surface area contributed by atoms with Crippen LogP contribution in [0.4, 0.5) is 0 Å². The summed E-state index contributed by atoms with van der Waals surface area (Å²) in [6.45, 7) is 4.30. The lowest BCUT2D eigenvalue weighted by atomic mass is 10.0. The van der Waals surface area contributed by atoms with Gasteiger partial charge in [-0.1, -0.05) is 40.5 Å². The highest BCUT2D eigenvalue weighted by Gasteiger charge is 2.20. The first-order valence-electron chi connectivity index (χ1n) is 6.94. The van der Waals surface area contributed by atoms with Crippen LogP contribution >= 0.6 is 27.5 Å². The van der Waals surface area contributed by atoms with E-state index in [2.05, 4.69) is 32.7 Å². The fourth-order valence-corrected chi connectivity index (χ4v) is 3.08. The predicted molar refractivity (Wildman–Crippen MR) is 91.3 cm³/mol. The van der Waals surface area contributed by atoms with Gasteiger partial charge in [0, 0.05) is 34.8 Å². The predicted octanol–water partition coefficient (Wildman–Crippen LogP) is 4.02. The van der Waals surface area contributed by atoms with Crippen LogP contribution in [0, 0.1) is 0 Å². The van der Waals surface area contributed by atoms with Crippen molar-refractivity contribution in [3.05, 3.63) is 63.3 Å². The van der Waals surface area contributed by atoms with Gasteiger partial charge in [0.2, 0.25) is 0 Å². The molecule has 2 aromatic rings.